The fourth-order valence-electron chi connectivity index (χ4n) is 4.55. The molecular weight excluding hydrogens is 527 g/mol. The molecule has 3 aromatic carbocycles. The highest BCUT2D eigenvalue weighted by Gasteiger charge is 2.31. The number of benzene rings is 3. The first-order valence-electron chi connectivity index (χ1n) is 12.9. The Morgan fingerprint density at radius 2 is 1.64 bits per heavy atom. The summed E-state index contributed by atoms with van der Waals surface area (Å²) in [5, 5.41) is 0. The van der Waals surface area contributed by atoms with E-state index in [9.17, 15) is 26.4 Å². The van der Waals surface area contributed by atoms with E-state index in [4.69, 9.17) is 0 Å². The normalized spacial score (nSPS) is 14.4. The number of hydrogen-bond donors (Lipinski definition) is 1. The molecule has 0 radical (unpaired) electrons. The van der Waals surface area contributed by atoms with Crippen LogP contribution in [0.1, 0.15) is 46.8 Å². The summed E-state index contributed by atoms with van der Waals surface area (Å²) in [6.45, 7) is 5.18. The van der Waals surface area contributed by atoms with Crippen LogP contribution in [0.25, 0.3) is 0 Å². The number of anilines is 2. The molecule has 0 spiro atoms. The number of rotatable bonds is 8. The van der Waals surface area contributed by atoms with Gasteiger partial charge in [-0.1, -0.05) is 37.6 Å². The lowest BCUT2D eigenvalue weighted by Crippen LogP contribution is -2.49. The molecule has 208 valence electrons. The average Bonchev–Trinajstić information content (AvgIpc) is 2.92. The van der Waals surface area contributed by atoms with Gasteiger partial charge in [0.25, 0.3) is 15.9 Å². The number of alkyl halides is 3. The molecule has 3 aromatic rings. The molecule has 1 heterocycles. The molecule has 4 rings (SSSR count). The molecule has 0 bridgehead atoms. The lowest BCUT2D eigenvalue weighted by Gasteiger charge is -2.36. The van der Waals surface area contributed by atoms with Crippen molar-refractivity contribution in [1.29, 1.82) is 0 Å². The first-order chi connectivity index (χ1) is 18.5. The summed E-state index contributed by atoms with van der Waals surface area (Å²) >= 11 is 0. The van der Waals surface area contributed by atoms with Crippen LogP contribution in [-0.2, 0) is 22.6 Å². The molecule has 10 heteroatoms. The van der Waals surface area contributed by atoms with E-state index >= 15 is 0 Å². The van der Waals surface area contributed by atoms with E-state index in [-0.39, 0.29) is 16.4 Å². The molecule has 0 aliphatic carbocycles. The van der Waals surface area contributed by atoms with Crippen LogP contribution in [0.4, 0.5) is 24.5 Å². The first kappa shape index (κ1) is 28.5. The van der Waals surface area contributed by atoms with Gasteiger partial charge in [-0.25, -0.2) is 8.42 Å². The first-order valence-corrected chi connectivity index (χ1v) is 14.4. The predicted octanol–water partition coefficient (Wildman–Crippen LogP) is 6.12. The molecule has 1 saturated heterocycles. The zero-order valence-electron chi connectivity index (χ0n) is 22.0. The molecule has 1 amide bonds. The van der Waals surface area contributed by atoms with Crippen molar-refractivity contribution < 1.29 is 26.4 Å². The van der Waals surface area contributed by atoms with Gasteiger partial charge in [-0.2, -0.15) is 13.2 Å². The van der Waals surface area contributed by atoms with Crippen LogP contribution in [0.2, 0.25) is 0 Å². The number of piperazine rings is 1. The molecule has 39 heavy (non-hydrogen) atoms. The summed E-state index contributed by atoms with van der Waals surface area (Å²) in [5.41, 5.74) is 2.23. The Morgan fingerprint density at radius 3 is 2.28 bits per heavy atom. The van der Waals surface area contributed by atoms with Gasteiger partial charge < -0.3 is 9.80 Å². The van der Waals surface area contributed by atoms with Crippen molar-refractivity contribution >= 4 is 27.3 Å². The van der Waals surface area contributed by atoms with Gasteiger partial charge in [-0.15, -0.1) is 0 Å². The number of aryl methyl sites for hydroxylation is 2. The van der Waals surface area contributed by atoms with E-state index in [1.54, 1.807) is 36.1 Å². The van der Waals surface area contributed by atoms with Gasteiger partial charge in [0.15, 0.2) is 0 Å². The SMILES string of the molecule is CCCCc1ccc(NS(=O)(=O)c2ccc(C)c(C(=O)N3CCN(c4cccc(C(F)(F)F)c4)CC3)c2)cc1. The van der Waals surface area contributed by atoms with Crippen molar-refractivity contribution in [2.45, 2.75) is 44.2 Å². The van der Waals surface area contributed by atoms with Gasteiger partial charge in [0.2, 0.25) is 0 Å². The monoisotopic (exact) mass is 559 g/mol. The van der Waals surface area contributed by atoms with Gasteiger partial charge in [0.05, 0.1) is 10.5 Å². The summed E-state index contributed by atoms with van der Waals surface area (Å²) < 4.78 is 68.1. The summed E-state index contributed by atoms with van der Waals surface area (Å²) in [5.74, 6) is -0.312. The standard InChI is InChI=1S/C29H32F3N3O3S/c1-3-4-6-22-10-12-24(13-11-22)33-39(37,38)26-14-9-21(2)27(20-26)28(36)35-17-15-34(16-18-35)25-8-5-7-23(19-25)29(30,31)32/h5,7-14,19-20,33H,3-4,6,15-18H2,1-2H3. The van der Waals surface area contributed by atoms with Crippen LogP contribution in [0.15, 0.2) is 71.6 Å². The number of sulfonamides is 1. The van der Waals surface area contributed by atoms with Crippen LogP contribution < -0.4 is 9.62 Å². The fraction of sp³-hybridized carbons (Fsp3) is 0.345. The summed E-state index contributed by atoms with van der Waals surface area (Å²) in [6.07, 6.45) is -1.36. The second-order valence-electron chi connectivity index (χ2n) is 9.71. The lowest BCUT2D eigenvalue weighted by molar-refractivity contribution is -0.137. The number of nitrogens with one attached hydrogen (secondary N) is 1. The van der Waals surface area contributed by atoms with E-state index in [2.05, 4.69) is 11.6 Å². The minimum Gasteiger partial charge on any atom is -0.368 e. The van der Waals surface area contributed by atoms with E-state index in [1.807, 2.05) is 17.0 Å². The Balaban J connectivity index is 1.44. The number of carbonyl (C=O) groups excluding carboxylic acids is 1. The average molecular weight is 560 g/mol. The zero-order chi connectivity index (χ0) is 28.2. The highest BCUT2D eigenvalue weighted by molar-refractivity contribution is 7.92. The van der Waals surface area contributed by atoms with Crippen molar-refractivity contribution in [2.75, 3.05) is 35.8 Å². The Morgan fingerprint density at radius 1 is 0.949 bits per heavy atom. The summed E-state index contributed by atoms with van der Waals surface area (Å²) in [7, 11) is -3.93. The van der Waals surface area contributed by atoms with Crippen molar-refractivity contribution in [2.24, 2.45) is 0 Å². The third-order valence-corrected chi connectivity index (χ3v) is 8.26. The fourth-order valence-corrected chi connectivity index (χ4v) is 5.63. The quantitative estimate of drug-likeness (QED) is 0.361. The molecule has 0 unspecified atom stereocenters. The van der Waals surface area contributed by atoms with Gasteiger partial charge in [-0.05, 0) is 73.4 Å². The smallest absolute Gasteiger partial charge is 0.368 e. The Bertz CT molecular complexity index is 1420. The zero-order valence-corrected chi connectivity index (χ0v) is 22.8. The van der Waals surface area contributed by atoms with E-state index < -0.39 is 21.8 Å². The maximum absolute atomic E-state index is 13.4. The molecular formula is C29H32F3N3O3S. The van der Waals surface area contributed by atoms with Crippen LogP contribution in [0.3, 0.4) is 0 Å². The Kier molecular flexibility index (Phi) is 8.54. The van der Waals surface area contributed by atoms with Crippen LogP contribution >= 0.6 is 0 Å². The minimum absolute atomic E-state index is 0.0193. The molecule has 1 fully saturated rings. The molecule has 0 saturated carbocycles. The predicted molar refractivity (Wildman–Crippen MR) is 147 cm³/mol. The van der Waals surface area contributed by atoms with Crippen molar-refractivity contribution in [3.63, 3.8) is 0 Å². The molecule has 6 nitrogen and oxygen atoms in total. The second kappa shape index (κ2) is 11.7. The number of nitrogens with zero attached hydrogens (tertiary/aromatic N) is 2. The van der Waals surface area contributed by atoms with Crippen LogP contribution in [0, 0.1) is 6.92 Å². The van der Waals surface area contributed by atoms with Gasteiger partial charge >= 0.3 is 6.18 Å². The maximum Gasteiger partial charge on any atom is 0.416 e. The number of amides is 1. The van der Waals surface area contributed by atoms with Gasteiger partial charge in [0, 0.05) is 43.1 Å². The van der Waals surface area contributed by atoms with Gasteiger partial charge in [0.1, 0.15) is 0 Å². The molecule has 1 aliphatic heterocycles. The van der Waals surface area contributed by atoms with Crippen molar-refractivity contribution in [3.8, 4) is 0 Å². The Labute approximate surface area is 227 Å². The Hall–Kier alpha value is -3.53. The number of carbonyl (C=O) groups is 1. The second-order valence-corrected chi connectivity index (χ2v) is 11.4. The number of unbranched alkanes of at least 4 members (excludes halogenated alkanes) is 1. The molecule has 1 aliphatic rings. The highest BCUT2D eigenvalue weighted by atomic mass is 32.2. The molecule has 0 atom stereocenters. The number of hydrogen-bond acceptors (Lipinski definition) is 4. The number of halogens is 3. The molecule has 0 aromatic heterocycles. The minimum atomic E-state index is -4.43. The van der Waals surface area contributed by atoms with Crippen molar-refractivity contribution in [3.05, 3.63) is 89.0 Å². The van der Waals surface area contributed by atoms with Crippen LogP contribution in [-0.4, -0.2) is 45.4 Å². The van der Waals surface area contributed by atoms with Gasteiger partial charge in [-0.3, -0.25) is 9.52 Å². The highest BCUT2D eigenvalue weighted by Crippen LogP contribution is 2.32. The summed E-state index contributed by atoms with van der Waals surface area (Å²) in [4.78, 5) is 16.7. The summed E-state index contributed by atoms with van der Waals surface area (Å²) in [6, 6.07) is 16.9. The van der Waals surface area contributed by atoms with Crippen LogP contribution in [0.5, 0.6) is 0 Å². The topological polar surface area (TPSA) is 69.7 Å². The van der Waals surface area contributed by atoms with E-state index in [0.29, 0.717) is 43.1 Å². The molecule has 1 N–H and O–H groups in total. The van der Waals surface area contributed by atoms with E-state index in [1.165, 1.54) is 18.2 Å². The third-order valence-electron chi connectivity index (χ3n) is 6.88. The third kappa shape index (κ3) is 6.92. The van der Waals surface area contributed by atoms with Crippen molar-refractivity contribution in [1.82, 2.24) is 4.90 Å². The lowest BCUT2D eigenvalue weighted by atomic mass is 10.1. The van der Waals surface area contributed by atoms with E-state index in [0.717, 1.165) is 37.0 Å². The maximum atomic E-state index is 13.4. The largest absolute Gasteiger partial charge is 0.416 e.